The first-order valence-corrected chi connectivity index (χ1v) is 5.02. The van der Waals surface area contributed by atoms with Gasteiger partial charge in [0.15, 0.2) is 0 Å². The van der Waals surface area contributed by atoms with Crippen molar-refractivity contribution in [3.05, 3.63) is 29.8 Å². The van der Waals surface area contributed by atoms with Gasteiger partial charge in [0.2, 0.25) is 0 Å². The number of morpholine rings is 1. The van der Waals surface area contributed by atoms with Gasteiger partial charge in [0, 0.05) is 12.1 Å². The van der Waals surface area contributed by atoms with Gasteiger partial charge in [-0.3, -0.25) is 0 Å². The van der Waals surface area contributed by atoms with Crippen LogP contribution in [-0.4, -0.2) is 25.8 Å². The molecule has 1 aromatic carbocycles. The standard InChI is InChI=1S/C11H13NO2/c1-2-4-10-8(3-1)11-9(7-14-10)12-5-6-13-11/h1-4,9,11-12H,5-7H2/t9?,11-/m0/s1. The van der Waals surface area contributed by atoms with Crippen LogP contribution in [0.5, 0.6) is 5.75 Å². The summed E-state index contributed by atoms with van der Waals surface area (Å²) in [7, 11) is 0. The molecule has 1 N–H and O–H groups in total. The average molecular weight is 191 g/mol. The Labute approximate surface area is 83.0 Å². The Morgan fingerprint density at radius 1 is 1.29 bits per heavy atom. The predicted molar refractivity (Wildman–Crippen MR) is 52.4 cm³/mol. The Morgan fingerprint density at radius 3 is 3.21 bits per heavy atom. The van der Waals surface area contributed by atoms with Gasteiger partial charge >= 0.3 is 0 Å². The fraction of sp³-hybridized carbons (Fsp3) is 0.455. The monoisotopic (exact) mass is 191 g/mol. The second kappa shape index (κ2) is 3.26. The molecule has 0 radical (unpaired) electrons. The van der Waals surface area contributed by atoms with E-state index in [0.717, 1.165) is 18.9 Å². The lowest BCUT2D eigenvalue weighted by atomic mass is 9.98. The molecule has 14 heavy (non-hydrogen) atoms. The lowest BCUT2D eigenvalue weighted by Crippen LogP contribution is -2.48. The minimum Gasteiger partial charge on any atom is -0.491 e. The highest BCUT2D eigenvalue weighted by molar-refractivity contribution is 5.38. The summed E-state index contributed by atoms with van der Waals surface area (Å²) in [6, 6.07) is 8.43. The van der Waals surface area contributed by atoms with E-state index in [2.05, 4.69) is 11.4 Å². The number of benzene rings is 1. The number of nitrogens with one attached hydrogen (secondary N) is 1. The highest BCUT2D eigenvalue weighted by atomic mass is 16.5. The Bertz CT molecular complexity index is 340. The number of fused-ring (bicyclic) bond motifs is 3. The molecule has 0 bridgehead atoms. The number of para-hydroxylation sites is 1. The van der Waals surface area contributed by atoms with E-state index in [4.69, 9.17) is 9.47 Å². The lowest BCUT2D eigenvalue weighted by molar-refractivity contribution is -0.0307. The maximum atomic E-state index is 5.77. The zero-order valence-corrected chi connectivity index (χ0v) is 7.90. The summed E-state index contributed by atoms with van der Waals surface area (Å²) in [5.74, 6) is 0.970. The van der Waals surface area contributed by atoms with Crippen molar-refractivity contribution in [2.45, 2.75) is 12.1 Å². The molecule has 1 unspecified atom stereocenters. The summed E-state index contributed by atoms with van der Waals surface area (Å²) in [4.78, 5) is 0. The molecule has 2 atom stereocenters. The summed E-state index contributed by atoms with van der Waals surface area (Å²) in [5.41, 5.74) is 1.18. The third-order valence-electron chi connectivity index (χ3n) is 2.82. The van der Waals surface area contributed by atoms with E-state index in [1.807, 2.05) is 18.2 Å². The first-order chi connectivity index (χ1) is 6.95. The summed E-state index contributed by atoms with van der Waals surface area (Å²) < 4.78 is 11.4. The molecule has 2 heterocycles. The number of hydrogen-bond acceptors (Lipinski definition) is 3. The molecule has 2 aliphatic rings. The van der Waals surface area contributed by atoms with Crippen molar-refractivity contribution >= 4 is 0 Å². The topological polar surface area (TPSA) is 30.5 Å². The number of rotatable bonds is 0. The molecule has 0 aromatic heterocycles. The fourth-order valence-corrected chi connectivity index (χ4v) is 2.13. The van der Waals surface area contributed by atoms with Crippen molar-refractivity contribution < 1.29 is 9.47 Å². The van der Waals surface area contributed by atoms with Gasteiger partial charge in [-0.05, 0) is 6.07 Å². The molecule has 0 spiro atoms. The third-order valence-corrected chi connectivity index (χ3v) is 2.82. The van der Waals surface area contributed by atoms with Crippen molar-refractivity contribution in [3.8, 4) is 5.75 Å². The van der Waals surface area contributed by atoms with Gasteiger partial charge < -0.3 is 14.8 Å². The van der Waals surface area contributed by atoms with Crippen LogP contribution in [-0.2, 0) is 4.74 Å². The maximum absolute atomic E-state index is 5.77. The Balaban J connectivity index is 1.99. The minimum atomic E-state index is 0.175. The van der Waals surface area contributed by atoms with E-state index < -0.39 is 0 Å². The van der Waals surface area contributed by atoms with E-state index >= 15 is 0 Å². The molecule has 1 fully saturated rings. The smallest absolute Gasteiger partial charge is 0.125 e. The van der Waals surface area contributed by atoms with E-state index in [1.54, 1.807) is 0 Å². The van der Waals surface area contributed by atoms with E-state index in [0.29, 0.717) is 12.6 Å². The molecule has 3 nitrogen and oxygen atoms in total. The molecule has 0 saturated carbocycles. The Morgan fingerprint density at radius 2 is 2.21 bits per heavy atom. The first-order valence-electron chi connectivity index (χ1n) is 5.02. The van der Waals surface area contributed by atoms with E-state index in [1.165, 1.54) is 5.56 Å². The van der Waals surface area contributed by atoms with Gasteiger partial charge in [-0.25, -0.2) is 0 Å². The van der Waals surface area contributed by atoms with Crippen LogP contribution in [0.15, 0.2) is 24.3 Å². The molecular formula is C11H13NO2. The lowest BCUT2D eigenvalue weighted by Gasteiger charge is -2.37. The first kappa shape index (κ1) is 8.26. The van der Waals surface area contributed by atoms with Crippen LogP contribution in [0.1, 0.15) is 11.7 Å². The molecule has 2 aliphatic heterocycles. The van der Waals surface area contributed by atoms with Crippen LogP contribution in [0.2, 0.25) is 0 Å². The quantitative estimate of drug-likeness (QED) is 0.666. The number of ether oxygens (including phenoxy) is 2. The number of hydrogen-bond donors (Lipinski definition) is 1. The molecule has 1 saturated heterocycles. The van der Waals surface area contributed by atoms with Crippen LogP contribution in [0.25, 0.3) is 0 Å². The molecule has 3 heteroatoms. The second-order valence-electron chi connectivity index (χ2n) is 3.70. The molecule has 0 amide bonds. The summed E-state index contributed by atoms with van der Waals surface area (Å²) in [6.45, 7) is 2.42. The summed E-state index contributed by atoms with van der Waals surface area (Å²) in [6.07, 6.45) is 0.175. The van der Waals surface area contributed by atoms with Crippen molar-refractivity contribution in [2.24, 2.45) is 0 Å². The molecule has 74 valence electrons. The normalized spacial score (nSPS) is 30.0. The van der Waals surface area contributed by atoms with Gasteiger partial charge in [-0.15, -0.1) is 0 Å². The van der Waals surface area contributed by atoms with Crippen LogP contribution in [0.3, 0.4) is 0 Å². The van der Waals surface area contributed by atoms with Crippen LogP contribution in [0, 0.1) is 0 Å². The SMILES string of the molecule is c1ccc2c(c1)OCC1NCCO[C@@H]21. The van der Waals surface area contributed by atoms with Gasteiger partial charge in [0.05, 0.1) is 12.6 Å². The summed E-state index contributed by atoms with van der Waals surface area (Å²) >= 11 is 0. The van der Waals surface area contributed by atoms with Gasteiger partial charge in [-0.2, -0.15) is 0 Å². The average Bonchev–Trinajstić information content (AvgIpc) is 2.29. The second-order valence-corrected chi connectivity index (χ2v) is 3.70. The highest BCUT2D eigenvalue weighted by Crippen LogP contribution is 2.35. The molecule has 3 rings (SSSR count). The molecule has 1 aromatic rings. The highest BCUT2D eigenvalue weighted by Gasteiger charge is 2.33. The zero-order chi connectivity index (χ0) is 9.38. The van der Waals surface area contributed by atoms with Crippen LogP contribution < -0.4 is 10.1 Å². The van der Waals surface area contributed by atoms with E-state index in [-0.39, 0.29) is 6.10 Å². The van der Waals surface area contributed by atoms with Crippen molar-refractivity contribution in [1.82, 2.24) is 5.32 Å². The Kier molecular flexibility index (Phi) is 1.92. The Hall–Kier alpha value is -1.06. The summed E-state index contributed by atoms with van der Waals surface area (Å²) in [5, 5.41) is 3.41. The molecule has 0 aliphatic carbocycles. The van der Waals surface area contributed by atoms with Gasteiger partial charge in [-0.1, -0.05) is 18.2 Å². The fourth-order valence-electron chi connectivity index (χ4n) is 2.13. The largest absolute Gasteiger partial charge is 0.491 e. The maximum Gasteiger partial charge on any atom is 0.125 e. The predicted octanol–water partition coefficient (Wildman–Crippen LogP) is 1.11. The van der Waals surface area contributed by atoms with Crippen LogP contribution >= 0.6 is 0 Å². The van der Waals surface area contributed by atoms with Crippen molar-refractivity contribution in [1.29, 1.82) is 0 Å². The minimum absolute atomic E-state index is 0.175. The third kappa shape index (κ3) is 1.21. The van der Waals surface area contributed by atoms with Gasteiger partial charge in [0.25, 0.3) is 0 Å². The van der Waals surface area contributed by atoms with E-state index in [9.17, 15) is 0 Å². The van der Waals surface area contributed by atoms with Crippen LogP contribution in [0.4, 0.5) is 0 Å². The zero-order valence-electron chi connectivity index (χ0n) is 7.90. The molecular weight excluding hydrogens is 178 g/mol. The van der Waals surface area contributed by atoms with Gasteiger partial charge in [0.1, 0.15) is 18.5 Å². The van der Waals surface area contributed by atoms with Crippen molar-refractivity contribution in [2.75, 3.05) is 19.8 Å². The van der Waals surface area contributed by atoms with Crippen molar-refractivity contribution in [3.63, 3.8) is 0 Å².